The lowest BCUT2D eigenvalue weighted by Gasteiger charge is -2.20. The first-order chi connectivity index (χ1) is 5.43. The Morgan fingerprint density at radius 2 is 2.00 bits per heavy atom. The number of hydrogen-bond donors (Lipinski definition) is 0. The Morgan fingerprint density at radius 1 is 1.42 bits per heavy atom. The van der Waals surface area contributed by atoms with Crippen molar-refractivity contribution in [1.82, 2.24) is 4.98 Å². The van der Waals surface area contributed by atoms with E-state index in [1.54, 1.807) is 0 Å². The lowest BCUT2D eigenvalue weighted by Crippen LogP contribution is -2.15. The summed E-state index contributed by atoms with van der Waals surface area (Å²) in [5, 5.41) is 0. The molecule has 1 aromatic heterocycles. The van der Waals surface area contributed by atoms with Gasteiger partial charge in [0.25, 0.3) is 0 Å². The van der Waals surface area contributed by atoms with Gasteiger partial charge < -0.3 is 0 Å². The standard InChI is InChI=1S/C9H11BrFN/c1-9(2,3)7-6(11)4-5-12-8(7)10/h4-5H,1-3H3. The van der Waals surface area contributed by atoms with E-state index in [1.165, 1.54) is 12.3 Å². The van der Waals surface area contributed by atoms with Gasteiger partial charge in [-0.05, 0) is 27.4 Å². The predicted molar refractivity (Wildman–Crippen MR) is 50.6 cm³/mol. The second-order valence-electron chi connectivity index (χ2n) is 3.71. The second-order valence-corrected chi connectivity index (χ2v) is 4.46. The van der Waals surface area contributed by atoms with Gasteiger partial charge in [0, 0.05) is 11.8 Å². The molecule has 0 spiro atoms. The topological polar surface area (TPSA) is 12.9 Å². The first-order valence-corrected chi connectivity index (χ1v) is 4.52. The molecule has 3 heteroatoms. The summed E-state index contributed by atoms with van der Waals surface area (Å²) in [4.78, 5) is 3.98. The van der Waals surface area contributed by atoms with Crippen LogP contribution >= 0.6 is 15.9 Å². The summed E-state index contributed by atoms with van der Waals surface area (Å²) < 4.78 is 13.9. The quantitative estimate of drug-likeness (QED) is 0.625. The maximum Gasteiger partial charge on any atom is 0.131 e. The van der Waals surface area contributed by atoms with Crippen molar-refractivity contribution in [3.63, 3.8) is 0 Å². The normalized spacial score (nSPS) is 11.8. The van der Waals surface area contributed by atoms with Crippen molar-refractivity contribution in [3.8, 4) is 0 Å². The van der Waals surface area contributed by atoms with E-state index in [-0.39, 0.29) is 11.2 Å². The molecule has 1 rings (SSSR count). The molecule has 0 amide bonds. The van der Waals surface area contributed by atoms with Gasteiger partial charge in [-0.3, -0.25) is 0 Å². The summed E-state index contributed by atoms with van der Waals surface area (Å²) in [6, 6.07) is 1.38. The molecule has 0 aromatic carbocycles. The van der Waals surface area contributed by atoms with Crippen LogP contribution in [0.3, 0.4) is 0 Å². The van der Waals surface area contributed by atoms with Crippen LogP contribution in [0.4, 0.5) is 4.39 Å². The molecule has 0 aliphatic rings. The first-order valence-electron chi connectivity index (χ1n) is 3.73. The highest BCUT2D eigenvalue weighted by molar-refractivity contribution is 9.10. The first kappa shape index (κ1) is 9.65. The van der Waals surface area contributed by atoms with Crippen molar-refractivity contribution >= 4 is 15.9 Å². The molecule has 0 unspecified atom stereocenters. The molecule has 1 heterocycles. The zero-order valence-electron chi connectivity index (χ0n) is 7.36. The van der Waals surface area contributed by atoms with Crippen LogP contribution in [0.2, 0.25) is 0 Å². The Morgan fingerprint density at radius 3 is 2.33 bits per heavy atom. The second kappa shape index (κ2) is 3.13. The van der Waals surface area contributed by atoms with E-state index < -0.39 is 0 Å². The van der Waals surface area contributed by atoms with Crippen LogP contribution in [0.25, 0.3) is 0 Å². The molecule has 0 N–H and O–H groups in total. The lowest BCUT2D eigenvalue weighted by molar-refractivity contribution is 0.516. The van der Waals surface area contributed by atoms with Crippen LogP contribution in [0.5, 0.6) is 0 Å². The van der Waals surface area contributed by atoms with Gasteiger partial charge >= 0.3 is 0 Å². The van der Waals surface area contributed by atoms with Gasteiger partial charge in [0.05, 0.1) is 0 Å². The van der Waals surface area contributed by atoms with Crippen LogP contribution in [0, 0.1) is 5.82 Å². The van der Waals surface area contributed by atoms with Gasteiger partial charge in [0.15, 0.2) is 0 Å². The maximum atomic E-state index is 13.3. The van der Waals surface area contributed by atoms with Crippen molar-refractivity contribution in [3.05, 3.63) is 28.2 Å². The summed E-state index contributed by atoms with van der Waals surface area (Å²) in [7, 11) is 0. The molecule has 0 bridgehead atoms. The molecular weight excluding hydrogens is 221 g/mol. The van der Waals surface area contributed by atoms with Crippen LogP contribution in [0.1, 0.15) is 26.3 Å². The molecule has 0 aliphatic heterocycles. The van der Waals surface area contributed by atoms with Crippen LogP contribution in [0.15, 0.2) is 16.9 Å². The average molecular weight is 232 g/mol. The fourth-order valence-corrected chi connectivity index (χ4v) is 1.98. The minimum absolute atomic E-state index is 0.204. The highest BCUT2D eigenvalue weighted by atomic mass is 79.9. The zero-order chi connectivity index (χ0) is 9.35. The van der Waals surface area contributed by atoms with E-state index in [0.717, 1.165) is 0 Å². The molecular formula is C9H11BrFN. The fourth-order valence-electron chi connectivity index (χ4n) is 1.08. The molecule has 0 aliphatic carbocycles. The molecule has 0 saturated heterocycles. The lowest BCUT2D eigenvalue weighted by atomic mass is 9.88. The van der Waals surface area contributed by atoms with Crippen molar-refractivity contribution in [1.29, 1.82) is 0 Å². The minimum Gasteiger partial charge on any atom is -0.249 e. The van der Waals surface area contributed by atoms with Gasteiger partial charge in [-0.2, -0.15) is 0 Å². The Bertz CT molecular complexity index is 271. The SMILES string of the molecule is CC(C)(C)c1c(F)ccnc1Br. The van der Waals surface area contributed by atoms with Crippen molar-refractivity contribution < 1.29 is 4.39 Å². The maximum absolute atomic E-state index is 13.3. The molecule has 1 nitrogen and oxygen atoms in total. The number of halogens is 2. The summed E-state index contributed by atoms with van der Waals surface area (Å²) in [5.74, 6) is -0.204. The molecule has 66 valence electrons. The summed E-state index contributed by atoms with van der Waals surface area (Å²) in [6.45, 7) is 5.87. The largest absolute Gasteiger partial charge is 0.249 e. The highest BCUT2D eigenvalue weighted by Crippen LogP contribution is 2.29. The third-order valence-electron chi connectivity index (χ3n) is 1.60. The summed E-state index contributed by atoms with van der Waals surface area (Å²) in [6.07, 6.45) is 1.45. The van der Waals surface area contributed by atoms with Crippen molar-refractivity contribution in [2.45, 2.75) is 26.2 Å². The van der Waals surface area contributed by atoms with E-state index in [1.807, 2.05) is 20.8 Å². The van der Waals surface area contributed by atoms with Gasteiger partial charge in [0.1, 0.15) is 10.4 Å². The van der Waals surface area contributed by atoms with E-state index in [2.05, 4.69) is 20.9 Å². The zero-order valence-corrected chi connectivity index (χ0v) is 8.94. The Hall–Kier alpha value is -0.440. The summed E-state index contributed by atoms with van der Waals surface area (Å²) in [5.41, 5.74) is 0.418. The molecule has 1 aromatic rings. The molecule has 0 fully saturated rings. The number of pyridine rings is 1. The Labute approximate surface area is 80.1 Å². The van der Waals surface area contributed by atoms with Gasteiger partial charge in [-0.1, -0.05) is 20.8 Å². The summed E-state index contributed by atoms with van der Waals surface area (Å²) >= 11 is 3.23. The number of hydrogen-bond acceptors (Lipinski definition) is 1. The van der Waals surface area contributed by atoms with Crippen molar-refractivity contribution in [2.24, 2.45) is 0 Å². The fraction of sp³-hybridized carbons (Fsp3) is 0.444. The van der Waals surface area contributed by atoms with Crippen LogP contribution < -0.4 is 0 Å². The monoisotopic (exact) mass is 231 g/mol. The number of nitrogens with zero attached hydrogens (tertiary/aromatic N) is 1. The minimum atomic E-state index is -0.211. The molecule has 0 saturated carbocycles. The Balaban J connectivity index is 3.31. The average Bonchev–Trinajstić information content (AvgIpc) is 1.82. The van der Waals surface area contributed by atoms with Crippen LogP contribution in [-0.2, 0) is 5.41 Å². The van der Waals surface area contributed by atoms with Gasteiger partial charge in [-0.25, -0.2) is 9.37 Å². The van der Waals surface area contributed by atoms with E-state index in [9.17, 15) is 4.39 Å². The highest BCUT2D eigenvalue weighted by Gasteiger charge is 2.21. The van der Waals surface area contributed by atoms with E-state index in [4.69, 9.17) is 0 Å². The number of rotatable bonds is 0. The Kier molecular flexibility index (Phi) is 2.52. The van der Waals surface area contributed by atoms with E-state index >= 15 is 0 Å². The molecule has 12 heavy (non-hydrogen) atoms. The molecule has 0 radical (unpaired) electrons. The molecule has 0 atom stereocenters. The predicted octanol–water partition coefficient (Wildman–Crippen LogP) is 3.28. The third kappa shape index (κ3) is 1.83. The third-order valence-corrected chi connectivity index (χ3v) is 2.21. The number of aromatic nitrogens is 1. The van der Waals surface area contributed by atoms with E-state index in [0.29, 0.717) is 10.2 Å². The van der Waals surface area contributed by atoms with Gasteiger partial charge in [-0.15, -0.1) is 0 Å². The van der Waals surface area contributed by atoms with Crippen molar-refractivity contribution in [2.75, 3.05) is 0 Å². The smallest absolute Gasteiger partial charge is 0.131 e. The van der Waals surface area contributed by atoms with Gasteiger partial charge in [0.2, 0.25) is 0 Å². The van der Waals surface area contributed by atoms with Crippen LogP contribution in [-0.4, -0.2) is 4.98 Å².